The van der Waals surface area contributed by atoms with Gasteiger partial charge in [0.15, 0.2) is 5.11 Å². The minimum Gasteiger partial charge on any atom is -0.508 e. The van der Waals surface area contributed by atoms with Crippen molar-refractivity contribution in [2.24, 2.45) is 0 Å². The number of thiocarbonyl (C=S) groups is 1. The van der Waals surface area contributed by atoms with E-state index in [1.54, 1.807) is 24.3 Å². The van der Waals surface area contributed by atoms with Crippen LogP contribution >= 0.6 is 23.8 Å². The van der Waals surface area contributed by atoms with Gasteiger partial charge in [-0.2, -0.15) is 0 Å². The molecule has 0 bridgehead atoms. The Labute approximate surface area is 138 Å². The molecule has 0 aromatic heterocycles. The van der Waals surface area contributed by atoms with Gasteiger partial charge < -0.3 is 10.4 Å². The number of hydrogen-bond acceptors (Lipinski definition) is 3. The molecular weight excluding hydrogens is 322 g/mol. The van der Waals surface area contributed by atoms with Gasteiger partial charge in [-0.3, -0.25) is 15.6 Å². The molecule has 0 aliphatic carbocycles. The molecule has 0 aliphatic rings. The number of carbonyl (C=O) groups is 1. The summed E-state index contributed by atoms with van der Waals surface area (Å²) in [5.74, 6) is -0.397. The van der Waals surface area contributed by atoms with E-state index in [4.69, 9.17) is 23.8 Å². The van der Waals surface area contributed by atoms with Crippen LogP contribution in [0.25, 0.3) is 0 Å². The number of carbonyl (C=O) groups excluding carboxylic acids is 1. The molecule has 7 heteroatoms. The van der Waals surface area contributed by atoms with Crippen molar-refractivity contribution in [3.8, 4) is 5.75 Å². The maximum atomic E-state index is 11.9. The summed E-state index contributed by atoms with van der Waals surface area (Å²) in [7, 11) is 0. The Bertz CT molecular complexity index is 722. The van der Waals surface area contributed by atoms with Crippen LogP contribution < -0.4 is 16.2 Å². The van der Waals surface area contributed by atoms with Crippen molar-refractivity contribution in [1.82, 2.24) is 10.9 Å². The normalized spacial score (nSPS) is 9.91. The van der Waals surface area contributed by atoms with Crippen LogP contribution in [-0.4, -0.2) is 16.1 Å². The molecule has 0 atom stereocenters. The van der Waals surface area contributed by atoms with Gasteiger partial charge in [0.1, 0.15) is 5.75 Å². The lowest BCUT2D eigenvalue weighted by molar-refractivity contribution is 0.0944. The van der Waals surface area contributed by atoms with E-state index in [1.807, 2.05) is 13.0 Å². The fourth-order valence-corrected chi connectivity index (χ4v) is 2.06. The van der Waals surface area contributed by atoms with Crippen LogP contribution in [0.2, 0.25) is 5.02 Å². The summed E-state index contributed by atoms with van der Waals surface area (Å²) in [6.07, 6.45) is 0. The first kappa shape index (κ1) is 16.1. The van der Waals surface area contributed by atoms with Crippen molar-refractivity contribution in [1.29, 1.82) is 0 Å². The van der Waals surface area contributed by atoms with E-state index in [0.29, 0.717) is 10.6 Å². The predicted molar refractivity (Wildman–Crippen MR) is 91.1 cm³/mol. The Hall–Kier alpha value is -2.31. The third-order valence-electron chi connectivity index (χ3n) is 2.91. The van der Waals surface area contributed by atoms with Crippen molar-refractivity contribution in [3.05, 3.63) is 58.6 Å². The number of phenolic OH excluding ortho intramolecular Hbond substituents is 1. The maximum absolute atomic E-state index is 11.9. The number of amides is 1. The highest BCUT2D eigenvalue weighted by molar-refractivity contribution is 7.80. The topological polar surface area (TPSA) is 73.4 Å². The van der Waals surface area contributed by atoms with E-state index < -0.39 is 5.91 Å². The first-order valence-corrected chi connectivity index (χ1v) is 7.17. The molecule has 114 valence electrons. The zero-order valence-electron chi connectivity index (χ0n) is 11.7. The smallest absolute Gasteiger partial charge is 0.269 e. The molecule has 0 unspecified atom stereocenters. The molecule has 0 spiro atoms. The van der Waals surface area contributed by atoms with Crippen LogP contribution in [0.5, 0.6) is 5.75 Å². The molecule has 0 heterocycles. The minimum atomic E-state index is -0.414. The molecule has 2 aromatic rings. The standard InChI is InChI=1S/C15H14ClN3O2S/c1-9-12(16)6-3-7-13(9)17-15(22)19-18-14(21)10-4-2-5-11(20)8-10/h2-8,20H,1H3,(H,18,21)(H2,17,19,22). The van der Waals surface area contributed by atoms with E-state index in [1.165, 1.54) is 12.1 Å². The summed E-state index contributed by atoms with van der Waals surface area (Å²) in [6, 6.07) is 11.4. The number of halogens is 1. The van der Waals surface area contributed by atoms with Gasteiger partial charge in [0.2, 0.25) is 0 Å². The fourth-order valence-electron chi connectivity index (χ4n) is 1.73. The SMILES string of the molecule is Cc1c(Cl)cccc1NC(=S)NNC(=O)c1cccc(O)c1. The van der Waals surface area contributed by atoms with Crippen molar-refractivity contribution in [2.45, 2.75) is 6.92 Å². The molecule has 0 saturated carbocycles. The second-order valence-electron chi connectivity index (χ2n) is 4.50. The van der Waals surface area contributed by atoms with E-state index in [0.717, 1.165) is 11.3 Å². The zero-order chi connectivity index (χ0) is 16.1. The number of anilines is 1. The fraction of sp³-hybridized carbons (Fsp3) is 0.0667. The van der Waals surface area contributed by atoms with Crippen LogP contribution in [0.3, 0.4) is 0 Å². The second kappa shape index (κ2) is 7.11. The number of aromatic hydroxyl groups is 1. The van der Waals surface area contributed by atoms with Gasteiger partial charge in [-0.05, 0) is 55.0 Å². The Morgan fingerprint density at radius 2 is 1.91 bits per heavy atom. The van der Waals surface area contributed by atoms with Crippen LogP contribution in [-0.2, 0) is 0 Å². The second-order valence-corrected chi connectivity index (χ2v) is 5.31. The predicted octanol–water partition coefficient (Wildman–Crippen LogP) is 2.99. The molecule has 0 aliphatic heterocycles. The Balaban J connectivity index is 1.93. The van der Waals surface area contributed by atoms with Crippen molar-refractivity contribution >= 4 is 40.5 Å². The van der Waals surface area contributed by atoms with Gasteiger partial charge in [0.25, 0.3) is 5.91 Å². The molecule has 1 amide bonds. The number of phenols is 1. The average molecular weight is 336 g/mol. The highest BCUT2D eigenvalue weighted by Gasteiger charge is 2.07. The molecule has 0 radical (unpaired) electrons. The Kier molecular flexibility index (Phi) is 5.19. The van der Waals surface area contributed by atoms with Crippen LogP contribution in [0.15, 0.2) is 42.5 Å². The summed E-state index contributed by atoms with van der Waals surface area (Å²) in [6.45, 7) is 1.86. The third kappa shape index (κ3) is 4.09. The third-order valence-corrected chi connectivity index (χ3v) is 3.53. The van der Waals surface area contributed by atoms with Crippen LogP contribution in [0.1, 0.15) is 15.9 Å². The zero-order valence-corrected chi connectivity index (χ0v) is 13.3. The van der Waals surface area contributed by atoms with Gasteiger partial charge in [-0.15, -0.1) is 0 Å². The molecule has 0 fully saturated rings. The van der Waals surface area contributed by atoms with Gasteiger partial charge in [-0.1, -0.05) is 23.7 Å². The highest BCUT2D eigenvalue weighted by atomic mass is 35.5. The number of rotatable bonds is 2. The van der Waals surface area contributed by atoms with Gasteiger partial charge >= 0.3 is 0 Å². The molecule has 0 saturated heterocycles. The lowest BCUT2D eigenvalue weighted by Gasteiger charge is -2.13. The average Bonchev–Trinajstić information content (AvgIpc) is 2.49. The lowest BCUT2D eigenvalue weighted by Crippen LogP contribution is -2.43. The van der Waals surface area contributed by atoms with E-state index in [9.17, 15) is 9.90 Å². The molecule has 5 nitrogen and oxygen atoms in total. The highest BCUT2D eigenvalue weighted by Crippen LogP contribution is 2.22. The lowest BCUT2D eigenvalue weighted by atomic mass is 10.2. The monoisotopic (exact) mass is 335 g/mol. The largest absolute Gasteiger partial charge is 0.508 e. The quantitative estimate of drug-likeness (QED) is 0.501. The first-order chi connectivity index (χ1) is 10.5. The Morgan fingerprint density at radius 3 is 2.64 bits per heavy atom. The van der Waals surface area contributed by atoms with E-state index in [2.05, 4.69) is 16.2 Å². The number of hydrazine groups is 1. The maximum Gasteiger partial charge on any atom is 0.269 e. The van der Waals surface area contributed by atoms with Crippen molar-refractivity contribution in [2.75, 3.05) is 5.32 Å². The van der Waals surface area contributed by atoms with Gasteiger partial charge in [0.05, 0.1) is 0 Å². The van der Waals surface area contributed by atoms with Crippen molar-refractivity contribution < 1.29 is 9.90 Å². The Morgan fingerprint density at radius 1 is 1.18 bits per heavy atom. The van der Waals surface area contributed by atoms with Crippen molar-refractivity contribution in [3.63, 3.8) is 0 Å². The number of hydrogen-bond donors (Lipinski definition) is 4. The van der Waals surface area contributed by atoms with Crippen LogP contribution in [0.4, 0.5) is 5.69 Å². The summed E-state index contributed by atoms with van der Waals surface area (Å²) in [4.78, 5) is 11.9. The van der Waals surface area contributed by atoms with Gasteiger partial charge in [-0.25, -0.2) is 0 Å². The van der Waals surface area contributed by atoms with Gasteiger partial charge in [0, 0.05) is 16.3 Å². The summed E-state index contributed by atoms with van der Waals surface area (Å²) in [5.41, 5.74) is 6.95. The van der Waals surface area contributed by atoms with E-state index in [-0.39, 0.29) is 10.9 Å². The molecular formula is C15H14ClN3O2S. The molecule has 2 rings (SSSR count). The summed E-state index contributed by atoms with van der Waals surface area (Å²) < 4.78 is 0. The number of benzene rings is 2. The minimum absolute atomic E-state index is 0.0166. The molecule has 2 aromatic carbocycles. The summed E-state index contributed by atoms with van der Waals surface area (Å²) in [5, 5.41) is 13.1. The van der Waals surface area contributed by atoms with E-state index >= 15 is 0 Å². The molecule has 22 heavy (non-hydrogen) atoms. The number of nitrogens with one attached hydrogen (secondary N) is 3. The first-order valence-electron chi connectivity index (χ1n) is 6.39. The molecule has 4 N–H and O–H groups in total. The van der Waals surface area contributed by atoms with Crippen LogP contribution in [0, 0.1) is 6.92 Å². The summed E-state index contributed by atoms with van der Waals surface area (Å²) >= 11 is 11.1.